The fraction of sp³-hybridized carbons (Fsp3) is 0.862. The van der Waals surface area contributed by atoms with Crippen molar-refractivity contribution >= 4 is 18.0 Å². The standard InChI is InChI=1S/C29H49N7O4/c1-34-12-14-35(15-13-34)16-21-40-28(38)32-27(36-17-19-39-20-18-36)31-25(22-24-8-4-2-5-9-24)26(37)33-29(23-30)10-6-3-7-11-29/h24-25H,2-22H2,1H3,(H,33,37)(H,31,32,38)/t25-/m0/s1. The molecule has 11 heteroatoms. The number of nitrogens with zero attached hydrogens (tertiary/aromatic N) is 5. The first kappa shape index (κ1) is 30.5. The van der Waals surface area contributed by atoms with Crippen molar-refractivity contribution in [2.45, 2.75) is 82.2 Å². The number of hydrogen-bond acceptors (Lipinski definition) is 8. The third-order valence-corrected chi connectivity index (χ3v) is 8.91. The monoisotopic (exact) mass is 559 g/mol. The van der Waals surface area contributed by atoms with Gasteiger partial charge in [-0.15, -0.1) is 0 Å². The lowest BCUT2D eigenvalue weighted by molar-refractivity contribution is -0.124. The molecule has 0 aromatic rings. The van der Waals surface area contributed by atoms with Crippen LogP contribution in [0.4, 0.5) is 4.79 Å². The molecule has 0 radical (unpaired) electrons. The van der Waals surface area contributed by atoms with E-state index in [0.29, 0.717) is 70.6 Å². The van der Waals surface area contributed by atoms with E-state index in [1.54, 1.807) is 0 Å². The van der Waals surface area contributed by atoms with Gasteiger partial charge in [0.2, 0.25) is 11.9 Å². The highest BCUT2D eigenvalue weighted by Gasteiger charge is 2.37. The predicted octanol–water partition coefficient (Wildman–Crippen LogP) is 2.33. The number of rotatable bonds is 8. The molecule has 11 nitrogen and oxygen atoms in total. The van der Waals surface area contributed by atoms with E-state index in [0.717, 1.165) is 58.3 Å². The molecule has 2 aliphatic heterocycles. The van der Waals surface area contributed by atoms with E-state index < -0.39 is 17.7 Å². The molecule has 40 heavy (non-hydrogen) atoms. The van der Waals surface area contributed by atoms with Crippen LogP contribution in [0.25, 0.3) is 0 Å². The second-order valence-electron chi connectivity index (χ2n) is 12.0. The van der Waals surface area contributed by atoms with Crippen molar-refractivity contribution in [1.82, 2.24) is 25.3 Å². The first-order valence-electron chi connectivity index (χ1n) is 15.4. The second-order valence-corrected chi connectivity index (χ2v) is 12.0. The van der Waals surface area contributed by atoms with Gasteiger partial charge in [0.25, 0.3) is 0 Å². The summed E-state index contributed by atoms with van der Waals surface area (Å²) in [5.41, 5.74) is -0.829. The molecular weight excluding hydrogens is 510 g/mol. The lowest BCUT2D eigenvalue weighted by Crippen LogP contribution is -2.54. The van der Waals surface area contributed by atoms with Gasteiger partial charge in [-0.25, -0.2) is 9.79 Å². The summed E-state index contributed by atoms with van der Waals surface area (Å²) in [6.45, 7) is 7.12. The fourth-order valence-corrected chi connectivity index (χ4v) is 6.28. The third-order valence-electron chi connectivity index (χ3n) is 8.91. The number of morpholine rings is 1. The first-order chi connectivity index (χ1) is 19.5. The Labute approximate surface area is 239 Å². The number of likely N-dealkylation sites (N-methyl/N-ethyl adjacent to an activating group) is 1. The van der Waals surface area contributed by atoms with Gasteiger partial charge in [0.15, 0.2) is 0 Å². The minimum atomic E-state index is -0.829. The van der Waals surface area contributed by atoms with E-state index >= 15 is 0 Å². The molecule has 4 aliphatic rings. The molecule has 2 saturated heterocycles. The number of alkyl carbamates (subject to hydrolysis) is 1. The summed E-state index contributed by atoms with van der Waals surface area (Å²) in [6.07, 6.45) is 10.1. The van der Waals surface area contributed by atoms with Gasteiger partial charge in [0.05, 0.1) is 19.3 Å². The largest absolute Gasteiger partial charge is 0.448 e. The topological polar surface area (TPSA) is 123 Å². The van der Waals surface area contributed by atoms with E-state index in [-0.39, 0.29) is 5.91 Å². The van der Waals surface area contributed by atoms with Gasteiger partial charge in [0.1, 0.15) is 18.2 Å². The highest BCUT2D eigenvalue weighted by Crippen LogP contribution is 2.30. The molecule has 2 saturated carbocycles. The Morgan fingerprint density at radius 1 is 1.02 bits per heavy atom. The minimum absolute atomic E-state index is 0.218. The molecule has 0 bridgehead atoms. The van der Waals surface area contributed by atoms with Crippen molar-refractivity contribution in [2.75, 3.05) is 72.7 Å². The quantitative estimate of drug-likeness (QED) is 0.343. The number of guanidine groups is 1. The Kier molecular flexibility index (Phi) is 11.9. The van der Waals surface area contributed by atoms with E-state index in [4.69, 9.17) is 14.5 Å². The number of nitrogens with one attached hydrogen (secondary N) is 2. The molecule has 2 heterocycles. The summed E-state index contributed by atoms with van der Waals surface area (Å²) < 4.78 is 11.1. The number of carbonyl (C=O) groups is 2. The van der Waals surface area contributed by atoms with Crippen molar-refractivity contribution < 1.29 is 19.1 Å². The molecule has 4 rings (SSSR count). The molecule has 4 fully saturated rings. The van der Waals surface area contributed by atoms with Gasteiger partial charge in [-0.2, -0.15) is 5.26 Å². The molecule has 1 atom stereocenters. The van der Waals surface area contributed by atoms with E-state index in [2.05, 4.69) is 33.6 Å². The zero-order chi connectivity index (χ0) is 28.2. The molecule has 0 aromatic heterocycles. The van der Waals surface area contributed by atoms with Gasteiger partial charge >= 0.3 is 6.09 Å². The second kappa shape index (κ2) is 15.5. The van der Waals surface area contributed by atoms with Crippen LogP contribution in [-0.2, 0) is 14.3 Å². The Morgan fingerprint density at radius 3 is 2.38 bits per heavy atom. The highest BCUT2D eigenvalue weighted by molar-refractivity contribution is 5.96. The van der Waals surface area contributed by atoms with Crippen molar-refractivity contribution in [2.24, 2.45) is 10.9 Å². The van der Waals surface area contributed by atoms with Crippen LogP contribution in [-0.4, -0.2) is 117 Å². The van der Waals surface area contributed by atoms with Crippen molar-refractivity contribution in [3.63, 3.8) is 0 Å². The van der Waals surface area contributed by atoms with Crippen LogP contribution in [0.2, 0.25) is 0 Å². The molecular formula is C29H49N7O4. The normalized spacial score (nSPS) is 24.1. The van der Waals surface area contributed by atoms with Crippen LogP contribution < -0.4 is 10.6 Å². The average molecular weight is 560 g/mol. The van der Waals surface area contributed by atoms with E-state index in [1.165, 1.54) is 19.3 Å². The van der Waals surface area contributed by atoms with Crippen molar-refractivity contribution in [1.29, 1.82) is 5.26 Å². The Bertz CT molecular complexity index is 881. The maximum Gasteiger partial charge on any atom is 0.414 e. The number of carbonyl (C=O) groups excluding carboxylic acids is 2. The molecule has 2 N–H and O–H groups in total. The zero-order valence-electron chi connectivity index (χ0n) is 24.4. The smallest absolute Gasteiger partial charge is 0.414 e. The summed E-state index contributed by atoms with van der Waals surface area (Å²) in [4.78, 5) is 38.1. The zero-order valence-corrected chi connectivity index (χ0v) is 24.4. The number of nitriles is 1. The van der Waals surface area contributed by atoms with E-state index in [9.17, 15) is 14.9 Å². The van der Waals surface area contributed by atoms with Crippen LogP contribution in [0.5, 0.6) is 0 Å². The number of amides is 2. The molecule has 0 spiro atoms. The van der Waals surface area contributed by atoms with Crippen molar-refractivity contribution in [3.8, 4) is 6.07 Å². The maximum absolute atomic E-state index is 13.8. The summed E-state index contributed by atoms with van der Waals surface area (Å²) >= 11 is 0. The maximum atomic E-state index is 13.8. The van der Waals surface area contributed by atoms with Crippen LogP contribution in [0.1, 0.15) is 70.6 Å². The number of ether oxygens (including phenoxy) is 2. The molecule has 224 valence electrons. The highest BCUT2D eigenvalue weighted by atomic mass is 16.5. The van der Waals surface area contributed by atoms with Crippen molar-refractivity contribution in [3.05, 3.63) is 0 Å². The molecule has 0 unspecified atom stereocenters. The van der Waals surface area contributed by atoms with Gasteiger partial charge in [0, 0.05) is 45.8 Å². The third kappa shape index (κ3) is 9.32. The first-order valence-corrected chi connectivity index (χ1v) is 15.4. The fourth-order valence-electron chi connectivity index (χ4n) is 6.28. The van der Waals surface area contributed by atoms with Crippen LogP contribution in [0.15, 0.2) is 4.99 Å². The summed E-state index contributed by atoms with van der Waals surface area (Å²) in [6, 6.07) is 1.72. The summed E-state index contributed by atoms with van der Waals surface area (Å²) in [5.74, 6) is 0.544. The molecule has 0 aromatic carbocycles. The lowest BCUT2D eigenvalue weighted by Gasteiger charge is -2.34. The Hall–Kier alpha value is -2.42. The number of aliphatic imine (C=N–C) groups is 1. The van der Waals surface area contributed by atoms with Crippen LogP contribution in [0, 0.1) is 17.2 Å². The van der Waals surface area contributed by atoms with Crippen LogP contribution >= 0.6 is 0 Å². The van der Waals surface area contributed by atoms with Gasteiger partial charge < -0.3 is 24.6 Å². The average Bonchev–Trinajstić information content (AvgIpc) is 2.99. The predicted molar refractivity (Wildman–Crippen MR) is 153 cm³/mol. The Morgan fingerprint density at radius 2 is 1.70 bits per heavy atom. The SMILES string of the molecule is CN1CCN(CCOC(=O)NC(=N[C@@H](CC2CCCCC2)C(=O)NC2(C#N)CCCCC2)N2CCOCC2)CC1. The number of hydrogen-bond donors (Lipinski definition) is 2. The summed E-state index contributed by atoms with van der Waals surface area (Å²) in [7, 11) is 2.12. The van der Waals surface area contributed by atoms with E-state index in [1.807, 2.05) is 4.90 Å². The number of piperazine rings is 1. The summed E-state index contributed by atoms with van der Waals surface area (Å²) in [5, 5.41) is 16.0. The van der Waals surface area contributed by atoms with Gasteiger partial charge in [-0.3, -0.25) is 15.0 Å². The molecule has 2 aliphatic carbocycles. The van der Waals surface area contributed by atoms with Gasteiger partial charge in [-0.1, -0.05) is 51.4 Å². The van der Waals surface area contributed by atoms with Crippen LogP contribution in [0.3, 0.4) is 0 Å². The Balaban J connectivity index is 1.45. The lowest BCUT2D eigenvalue weighted by atomic mass is 9.81. The molecule has 2 amide bonds. The minimum Gasteiger partial charge on any atom is -0.448 e. The van der Waals surface area contributed by atoms with Gasteiger partial charge in [-0.05, 0) is 32.2 Å².